The summed E-state index contributed by atoms with van der Waals surface area (Å²) in [4.78, 5) is 16.5. The highest BCUT2D eigenvalue weighted by molar-refractivity contribution is 7.07. The molecule has 2 aromatic rings. The zero-order valence-electron chi connectivity index (χ0n) is 13.4. The lowest BCUT2D eigenvalue weighted by Gasteiger charge is -2.34. The molecule has 124 valence electrons. The van der Waals surface area contributed by atoms with Crippen LogP contribution >= 0.6 is 11.3 Å². The smallest absolute Gasteiger partial charge is 0.317 e. The van der Waals surface area contributed by atoms with Gasteiger partial charge in [-0.25, -0.2) is 4.79 Å². The molecule has 7 heteroatoms. The van der Waals surface area contributed by atoms with Crippen LogP contribution in [-0.2, 0) is 20.0 Å². The largest absolute Gasteiger partial charge is 0.338 e. The van der Waals surface area contributed by atoms with Crippen molar-refractivity contribution >= 4 is 17.4 Å². The van der Waals surface area contributed by atoms with E-state index in [9.17, 15) is 4.79 Å². The molecule has 0 radical (unpaired) electrons. The van der Waals surface area contributed by atoms with E-state index < -0.39 is 0 Å². The SMILES string of the molecule is Cn1cc(CCNC(=O)N2CCN(Cc3ccsc3)CC2)cn1. The van der Waals surface area contributed by atoms with Gasteiger partial charge in [0.2, 0.25) is 0 Å². The van der Waals surface area contributed by atoms with Crippen LogP contribution in [0.3, 0.4) is 0 Å². The Morgan fingerprint density at radius 3 is 2.78 bits per heavy atom. The van der Waals surface area contributed by atoms with Gasteiger partial charge >= 0.3 is 6.03 Å². The molecule has 1 saturated heterocycles. The first-order valence-electron chi connectivity index (χ1n) is 7.94. The Balaban J connectivity index is 1.36. The molecule has 0 aromatic carbocycles. The third-order valence-electron chi connectivity index (χ3n) is 4.09. The van der Waals surface area contributed by atoms with Gasteiger partial charge in [0, 0.05) is 52.5 Å². The van der Waals surface area contributed by atoms with Crippen LogP contribution in [0.1, 0.15) is 11.1 Å². The number of urea groups is 1. The summed E-state index contributed by atoms with van der Waals surface area (Å²) >= 11 is 1.74. The van der Waals surface area contributed by atoms with Gasteiger partial charge in [0.15, 0.2) is 0 Å². The van der Waals surface area contributed by atoms with E-state index in [-0.39, 0.29) is 6.03 Å². The van der Waals surface area contributed by atoms with Gasteiger partial charge in [-0.3, -0.25) is 9.58 Å². The Morgan fingerprint density at radius 2 is 2.13 bits per heavy atom. The molecular weight excluding hydrogens is 310 g/mol. The van der Waals surface area contributed by atoms with E-state index in [0.717, 1.165) is 44.7 Å². The number of piperazine rings is 1. The van der Waals surface area contributed by atoms with Crippen LogP contribution in [0.4, 0.5) is 4.79 Å². The molecule has 6 nitrogen and oxygen atoms in total. The Kier molecular flexibility index (Phi) is 5.30. The number of nitrogens with zero attached hydrogens (tertiary/aromatic N) is 4. The summed E-state index contributed by atoms with van der Waals surface area (Å²) in [5.74, 6) is 0. The van der Waals surface area contributed by atoms with Gasteiger partial charge in [0.05, 0.1) is 6.20 Å². The second kappa shape index (κ2) is 7.61. The van der Waals surface area contributed by atoms with Crippen molar-refractivity contribution in [1.29, 1.82) is 0 Å². The number of carbonyl (C=O) groups excluding carboxylic acids is 1. The third-order valence-corrected chi connectivity index (χ3v) is 4.83. The van der Waals surface area contributed by atoms with Crippen molar-refractivity contribution in [2.45, 2.75) is 13.0 Å². The van der Waals surface area contributed by atoms with Crippen LogP contribution < -0.4 is 5.32 Å². The molecule has 0 saturated carbocycles. The molecule has 1 fully saturated rings. The molecule has 2 aromatic heterocycles. The van der Waals surface area contributed by atoms with Gasteiger partial charge in [-0.15, -0.1) is 0 Å². The normalized spacial score (nSPS) is 15.8. The molecule has 1 aliphatic rings. The lowest BCUT2D eigenvalue weighted by atomic mass is 10.2. The summed E-state index contributed by atoms with van der Waals surface area (Å²) in [5, 5.41) is 11.4. The fourth-order valence-electron chi connectivity index (χ4n) is 2.78. The average Bonchev–Trinajstić information content (AvgIpc) is 3.20. The number of carbonyl (C=O) groups is 1. The van der Waals surface area contributed by atoms with Crippen molar-refractivity contribution in [3.63, 3.8) is 0 Å². The topological polar surface area (TPSA) is 53.4 Å². The van der Waals surface area contributed by atoms with E-state index in [2.05, 4.69) is 32.1 Å². The zero-order chi connectivity index (χ0) is 16.1. The molecule has 1 N–H and O–H groups in total. The van der Waals surface area contributed by atoms with E-state index in [4.69, 9.17) is 0 Å². The quantitative estimate of drug-likeness (QED) is 0.903. The molecular formula is C16H23N5OS. The van der Waals surface area contributed by atoms with Gasteiger partial charge < -0.3 is 10.2 Å². The number of hydrogen-bond acceptors (Lipinski definition) is 4. The standard InChI is InChI=1S/C16H23N5OS/c1-19-11-14(10-18-19)2-4-17-16(22)21-7-5-20(6-8-21)12-15-3-9-23-13-15/h3,9-11,13H,2,4-8,12H2,1H3,(H,17,22). The Labute approximate surface area is 140 Å². The minimum Gasteiger partial charge on any atom is -0.338 e. The van der Waals surface area contributed by atoms with Gasteiger partial charge in [-0.1, -0.05) is 0 Å². The summed E-state index contributed by atoms with van der Waals surface area (Å²) in [5.41, 5.74) is 2.51. The Hall–Kier alpha value is -1.86. The molecule has 2 amide bonds. The summed E-state index contributed by atoms with van der Waals surface area (Å²) < 4.78 is 1.78. The van der Waals surface area contributed by atoms with Crippen LogP contribution in [0.5, 0.6) is 0 Å². The fraction of sp³-hybridized carbons (Fsp3) is 0.500. The molecule has 23 heavy (non-hydrogen) atoms. The molecule has 1 aliphatic heterocycles. The minimum atomic E-state index is 0.0454. The van der Waals surface area contributed by atoms with Crippen molar-refractivity contribution in [2.75, 3.05) is 32.7 Å². The van der Waals surface area contributed by atoms with Crippen molar-refractivity contribution in [1.82, 2.24) is 24.9 Å². The molecule has 0 unspecified atom stereocenters. The molecule has 0 bridgehead atoms. The van der Waals surface area contributed by atoms with Crippen LogP contribution in [0.15, 0.2) is 29.2 Å². The average molecular weight is 333 g/mol. The molecule has 0 spiro atoms. The number of aryl methyl sites for hydroxylation is 1. The van der Waals surface area contributed by atoms with Crippen molar-refractivity contribution in [2.24, 2.45) is 7.05 Å². The van der Waals surface area contributed by atoms with Gasteiger partial charge in [0.1, 0.15) is 0 Å². The van der Waals surface area contributed by atoms with Crippen molar-refractivity contribution < 1.29 is 4.79 Å². The predicted octanol–water partition coefficient (Wildman–Crippen LogP) is 1.55. The van der Waals surface area contributed by atoms with E-state index in [1.165, 1.54) is 5.56 Å². The number of thiophene rings is 1. The van der Waals surface area contributed by atoms with Crippen LogP contribution in [-0.4, -0.2) is 58.3 Å². The third kappa shape index (κ3) is 4.56. The van der Waals surface area contributed by atoms with Crippen molar-refractivity contribution in [3.8, 4) is 0 Å². The number of aromatic nitrogens is 2. The lowest BCUT2D eigenvalue weighted by molar-refractivity contribution is 0.135. The molecule has 3 rings (SSSR count). The first-order chi connectivity index (χ1) is 11.2. The lowest BCUT2D eigenvalue weighted by Crippen LogP contribution is -2.51. The Bertz CT molecular complexity index is 616. The number of nitrogens with one attached hydrogen (secondary N) is 1. The highest BCUT2D eigenvalue weighted by Gasteiger charge is 2.20. The zero-order valence-corrected chi connectivity index (χ0v) is 14.3. The minimum absolute atomic E-state index is 0.0454. The maximum atomic E-state index is 12.2. The van der Waals surface area contributed by atoms with Crippen LogP contribution in [0.2, 0.25) is 0 Å². The second-order valence-electron chi connectivity index (χ2n) is 5.90. The van der Waals surface area contributed by atoms with E-state index >= 15 is 0 Å². The van der Waals surface area contributed by atoms with E-state index in [1.54, 1.807) is 16.0 Å². The molecule has 0 aliphatic carbocycles. The predicted molar refractivity (Wildman–Crippen MR) is 91.5 cm³/mol. The summed E-state index contributed by atoms with van der Waals surface area (Å²) in [6, 6.07) is 2.21. The monoisotopic (exact) mass is 333 g/mol. The number of amides is 2. The van der Waals surface area contributed by atoms with E-state index in [1.807, 2.05) is 24.3 Å². The maximum Gasteiger partial charge on any atom is 0.317 e. The molecule has 3 heterocycles. The highest BCUT2D eigenvalue weighted by atomic mass is 32.1. The van der Waals surface area contributed by atoms with Gasteiger partial charge in [0.25, 0.3) is 0 Å². The summed E-state index contributed by atoms with van der Waals surface area (Å²) in [6.45, 7) is 5.10. The maximum absolute atomic E-state index is 12.2. The molecule has 0 atom stereocenters. The highest BCUT2D eigenvalue weighted by Crippen LogP contribution is 2.11. The van der Waals surface area contributed by atoms with Gasteiger partial charge in [-0.05, 0) is 34.4 Å². The first-order valence-corrected chi connectivity index (χ1v) is 8.89. The number of hydrogen-bond donors (Lipinski definition) is 1. The number of rotatable bonds is 5. The van der Waals surface area contributed by atoms with Crippen LogP contribution in [0, 0.1) is 0 Å². The van der Waals surface area contributed by atoms with Crippen LogP contribution in [0.25, 0.3) is 0 Å². The van der Waals surface area contributed by atoms with Gasteiger partial charge in [-0.2, -0.15) is 16.4 Å². The summed E-state index contributed by atoms with van der Waals surface area (Å²) in [6.07, 6.45) is 4.64. The second-order valence-corrected chi connectivity index (χ2v) is 6.68. The van der Waals surface area contributed by atoms with E-state index in [0.29, 0.717) is 6.54 Å². The Morgan fingerprint density at radius 1 is 1.30 bits per heavy atom. The fourth-order valence-corrected chi connectivity index (χ4v) is 3.44. The summed E-state index contributed by atoms with van der Waals surface area (Å²) in [7, 11) is 1.90. The first kappa shape index (κ1) is 16.0. The van der Waals surface area contributed by atoms with Crippen molar-refractivity contribution in [3.05, 3.63) is 40.3 Å².